The number of sulfone groups is 1. The van der Waals surface area contributed by atoms with Gasteiger partial charge in [-0.3, -0.25) is 4.99 Å². The number of hydrogen-bond acceptors (Lipinski definition) is 5. The van der Waals surface area contributed by atoms with Crippen LogP contribution in [0.2, 0.25) is 5.02 Å². The van der Waals surface area contributed by atoms with E-state index in [1.807, 2.05) is 24.3 Å². The molecule has 0 N–H and O–H groups in total. The van der Waals surface area contributed by atoms with Gasteiger partial charge in [0.1, 0.15) is 0 Å². The molecule has 2 aromatic carbocycles. The third-order valence-corrected chi connectivity index (χ3v) is 8.45. The summed E-state index contributed by atoms with van der Waals surface area (Å²) in [6.45, 7) is 4.88. The highest BCUT2D eigenvalue weighted by molar-refractivity contribution is 8.13. The van der Waals surface area contributed by atoms with Crippen molar-refractivity contribution in [2.75, 3.05) is 11.5 Å². The van der Waals surface area contributed by atoms with Crippen molar-refractivity contribution >= 4 is 38.4 Å². The molecule has 1 saturated heterocycles. The maximum Gasteiger partial charge on any atom is 0.160 e. The lowest BCUT2D eigenvalue weighted by molar-refractivity contribution is 0.343. The van der Waals surface area contributed by atoms with Gasteiger partial charge in [-0.25, -0.2) is 8.42 Å². The molecule has 2 atom stereocenters. The summed E-state index contributed by atoms with van der Waals surface area (Å²) < 4.78 is 24.2. The van der Waals surface area contributed by atoms with Gasteiger partial charge in [0.25, 0.3) is 0 Å². The van der Waals surface area contributed by atoms with Crippen LogP contribution >= 0.6 is 23.4 Å². The van der Waals surface area contributed by atoms with Gasteiger partial charge in [0.2, 0.25) is 0 Å². The summed E-state index contributed by atoms with van der Waals surface area (Å²) in [7, 11) is -3.02. The number of amidine groups is 1. The standard InChI is InChI=1S/C21H23ClN2O2S2/c1-14-3-4-17(9-15(14)2)11-27-21-23-19-12-28(25,26)13-20(19)24(21)10-16-5-7-18(22)8-6-16/h3-9,19-20H,10-13H2,1-2H3/t19-,20+/m0/s1. The zero-order valence-corrected chi connectivity index (χ0v) is 18.3. The predicted octanol–water partition coefficient (Wildman–Crippen LogP) is 4.23. The van der Waals surface area contributed by atoms with Crippen LogP contribution in [0, 0.1) is 13.8 Å². The van der Waals surface area contributed by atoms with E-state index in [9.17, 15) is 8.42 Å². The zero-order valence-electron chi connectivity index (χ0n) is 15.9. The van der Waals surface area contributed by atoms with Gasteiger partial charge >= 0.3 is 0 Å². The van der Waals surface area contributed by atoms with E-state index >= 15 is 0 Å². The van der Waals surface area contributed by atoms with Gasteiger partial charge in [0, 0.05) is 17.3 Å². The molecule has 4 nitrogen and oxygen atoms in total. The molecule has 2 aromatic rings. The molecule has 7 heteroatoms. The van der Waals surface area contributed by atoms with Gasteiger partial charge < -0.3 is 4.90 Å². The average Bonchev–Trinajstić information content (AvgIpc) is 3.10. The molecule has 1 fully saturated rings. The van der Waals surface area contributed by atoms with Crippen molar-refractivity contribution in [1.29, 1.82) is 0 Å². The van der Waals surface area contributed by atoms with Crippen LogP contribution < -0.4 is 0 Å². The third-order valence-electron chi connectivity index (χ3n) is 5.42. The highest BCUT2D eigenvalue weighted by Crippen LogP contribution is 2.33. The summed E-state index contributed by atoms with van der Waals surface area (Å²) in [4.78, 5) is 6.97. The first kappa shape index (κ1) is 19.8. The maximum atomic E-state index is 12.1. The fourth-order valence-corrected chi connectivity index (χ4v) is 6.77. The smallest absolute Gasteiger partial charge is 0.160 e. The highest BCUT2D eigenvalue weighted by Gasteiger charge is 2.46. The summed E-state index contributed by atoms with van der Waals surface area (Å²) in [5.41, 5.74) is 4.93. The number of rotatable bonds is 4. The fraction of sp³-hybridized carbons (Fsp3) is 0.381. The maximum absolute atomic E-state index is 12.1. The Balaban J connectivity index is 1.54. The Morgan fingerprint density at radius 2 is 1.79 bits per heavy atom. The van der Waals surface area contributed by atoms with Crippen molar-refractivity contribution < 1.29 is 8.42 Å². The third kappa shape index (κ3) is 4.24. The number of fused-ring (bicyclic) bond motifs is 1. The molecule has 148 valence electrons. The Labute approximate surface area is 175 Å². The summed E-state index contributed by atoms with van der Waals surface area (Å²) in [5, 5.41) is 1.64. The summed E-state index contributed by atoms with van der Waals surface area (Å²) in [6.07, 6.45) is 0. The molecule has 0 bridgehead atoms. The second kappa shape index (κ2) is 7.73. The van der Waals surface area contributed by atoms with E-state index in [-0.39, 0.29) is 23.6 Å². The topological polar surface area (TPSA) is 49.7 Å². The van der Waals surface area contributed by atoms with Gasteiger partial charge in [0.15, 0.2) is 15.0 Å². The molecule has 4 rings (SSSR count). The van der Waals surface area contributed by atoms with Crippen LogP contribution in [0.4, 0.5) is 0 Å². The fourth-order valence-electron chi connectivity index (χ4n) is 3.72. The Hall–Kier alpha value is -1.50. The summed E-state index contributed by atoms with van der Waals surface area (Å²) in [6, 6.07) is 14.0. The molecular weight excluding hydrogens is 412 g/mol. The van der Waals surface area contributed by atoms with Gasteiger partial charge in [-0.05, 0) is 48.2 Å². The SMILES string of the molecule is Cc1ccc(CSC2=N[C@H]3CS(=O)(=O)C[C@H]3N2Cc2ccc(Cl)cc2)cc1C. The largest absolute Gasteiger partial charge is 0.341 e. The monoisotopic (exact) mass is 434 g/mol. The Morgan fingerprint density at radius 1 is 1.07 bits per heavy atom. The predicted molar refractivity (Wildman–Crippen MR) is 118 cm³/mol. The van der Waals surface area contributed by atoms with Crippen LogP contribution in [0.5, 0.6) is 0 Å². The van der Waals surface area contributed by atoms with Gasteiger partial charge in [-0.1, -0.05) is 53.7 Å². The number of aryl methyl sites for hydroxylation is 2. The van der Waals surface area contributed by atoms with Crippen LogP contribution in [0.15, 0.2) is 47.5 Å². The van der Waals surface area contributed by atoms with Crippen LogP contribution in [-0.2, 0) is 22.1 Å². The molecule has 2 aliphatic rings. The minimum atomic E-state index is -3.02. The first-order chi connectivity index (χ1) is 13.3. The van der Waals surface area contributed by atoms with Crippen LogP contribution in [-0.4, -0.2) is 42.1 Å². The van der Waals surface area contributed by atoms with E-state index < -0.39 is 9.84 Å². The number of halogens is 1. The minimum absolute atomic E-state index is 0.0667. The first-order valence-corrected chi connectivity index (χ1v) is 12.5. The molecule has 28 heavy (non-hydrogen) atoms. The lowest BCUT2D eigenvalue weighted by Crippen LogP contribution is -2.38. The lowest BCUT2D eigenvalue weighted by Gasteiger charge is -2.26. The highest BCUT2D eigenvalue weighted by atomic mass is 35.5. The van der Waals surface area contributed by atoms with Gasteiger partial charge in [-0.2, -0.15) is 0 Å². The molecule has 0 saturated carbocycles. The van der Waals surface area contributed by atoms with Crippen molar-refractivity contribution in [2.24, 2.45) is 4.99 Å². The normalized spacial score (nSPS) is 23.0. The first-order valence-electron chi connectivity index (χ1n) is 9.29. The quantitative estimate of drug-likeness (QED) is 0.722. The Morgan fingerprint density at radius 3 is 2.50 bits per heavy atom. The minimum Gasteiger partial charge on any atom is -0.341 e. The molecule has 0 aliphatic carbocycles. The molecular formula is C21H23ClN2O2S2. The average molecular weight is 435 g/mol. The van der Waals surface area contributed by atoms with E-state index in [4.69, 9.17) is 16.6 Å². The van der Waals surface area contributed by atoms with Crippen LogP contribution in [0.25, 0.3) is 0 Å². The van der Waals surface area contributed by atoms with Crippen molar-refractivity contribution in [1.82, 2.24) is 4.90 Å². The number of hydrogen-bond donors (Lipinski definition) is 0. The second-order valence-corrected chi connectivity index (χ2v) is 11.1. The van der Waals surface area contributed by atoms with E-state index in [1.54, 1.807) is 11.8 Å². The molecule has 2 heterocycles. The van der Waals surface area contributed by atoms with E-state index in [0.717, 1.165) is 16.5 Å². The molecule has 0 spiro atoms. The van der Waals surface area contributed by atoms with Gasteiger partial charge in [-0.15, -0.1) is 0 Å². The molecule has 2 aliphatic heterocycles. The van der Waals surface area contributed by atoms with Gasteiger partial charge in [0.05, 0.1) is 23.6 Å². The number of thioether (sulfide) groups is 1. The van der Waals surface area contributed by atoms with E-state index in [0.29, 0.717) is 11.6 Å². The second-order valence-electron chi connectivity index (χ2n) is 7.58. The molecule has 0 aromatic heterocycles. The van der Waals surface area contributed by atoms with Crippen LogP contribution in [0.1, 0.15) is 22.3 Å². The number of aliphatic imine (C=N–C) groups is 1. The number of nitrogens with zero attached hydrogens (tertiary/aromatic N) is 2. The zero-order chi connectivity index (χ0) is 19.9. The van der Waals surface area contributed by atoms with Crippen molar-refractivity contribution in [3.8, 4) is 0 Å². The summed E-state index contributed by atoms with van der Waals surface area (Å²) >= 11 is 7.70. The molecule has 0 amide bonds. The molecule has 0 unspecified atom stereocenters. The Bertz CT molecular complexity index is 1020. The van der Waals surface area contributed by atoms with E-state index in [1.165, 1.54) is 16.7 Å². The van der Waals surface area contributed by atoms with Crippen molar-refractivity contribution in [3.05, 3.63) is 69.7 Å². The van der Waals surface area contributed by atoms with Crippen molar-refractivity contribution in [2.45, 2.75) is 38.2 Å². The van der Waals surface area contributed by atoms with Crippen molar-refractivity contribution in [3.63, 3.8) is 0 Å². The number of benzene rings is 2. The van der Waals surface area contributed by atoms with E-state index in [2.05, 4.69) is 36.9 Å². The Kier molecular flexibility index (Phi) is 5.47. The van der Waals surface area contributed by atoms with Crippen LogP contribution in [0.3, 0.4) is 0 Å². The lowest BCUT2D eigenvalue weighted by atomic mass is 10.1. The summed E-state index contributed by atoms with van der Waals surface area (Å²) in [5.74, 6) is 1.16. The molecule has 0 radical (unpaired) electrons.